The summed E-state index contributed by atoms with van der Waals surface area (Å²) in [5.74, 6) is -1.96. The van der Waals surface area contributed by atoms with E-state index >= 15 is 0 Å². The number of nitrogens with zero attached hydrogens (tertiary/aromatic N) is 2. The van der Waals surface area contributed by atoms with Crippen LogP contribution >= 0.6 is 11.8 Å². The summed E-state index contributed by atoms with van der Waals surface area (Å²) in [4.78, 5) is 40.1. The Labute approximate surface area is 163 Å². The van der Waals surface area contributed by atoms with Crippen LogP contribution in [0.3, 0.4) is 0 Å². The number of hydrogen-bond acceptors (Lipinski definition) is 5. The fourth-order valence-electron chi connectivity index (χ4n) is 4.44. The molecule has 3 amide bonds. The maximum Gasteiger partial charge on any atom is 0.353 e. The number of rotatable bonds is 5. The zero-order valence-electron chi connectivity index (χ0n) is 15.8. The molecule has 5 atom stereocenters. The Hall–Kier alpha value is -1.74. The molecule has 0 aromatic carbocycles. The highest BCUT2D eigenvalue weighted by atomic mass is 32.2. The Morgan fingerprint density at radius 1 is 1.37 bits per heavy atom. The number of β-lactam (4-membered cyclic amide) rings is 1. The van der Waals surface area contributed by atoms with Crippen molar-refractivity contribution < 1.29 is 24.6 Å². The number of amides is 3. The number of likely N-dealkylation sites (tertiary alicyclic amines) is 1. The molecule has 0 saturated carbocycles. The van der Waals surface area contributed by atoms with E-state index in [1.807, 2.05) is 4.90 Å². The van der Waals surface area contributed by atoms with Crippen molar-refractivity contribution >= 4 is 29.7 Å². The van der Waals surface area contributed by atoms with Crippen molar-refractivity contribution in [2.24, 2.45) is 5.92 Å². The van der Waals surface area contributed by atoms with Crippen LogP contribution in [0.1, 0.15) is 39.5 Å². The fourth-order valence-corrected chi connectivity index (χ4v) is 5.90. The van der Waals surface area contributed by atoms with E-state index < -0.39 is 18.0 Å². The van der Waals surface area contributed by atoms with Crippen LogP contribution in [0.15, 0.2) is 10.6 Å². The molecule has 3 N–H and O–H groups in total. The molecule has 0 aromatic rings. The van der Waals surface area contributed by atoms with E-state index in [9.17, 15) is 24.6 Å². The molecule has 0 unspecified atom stereocenters. The standard InChI is InChI=1S/C18H27N3O5S/c1-4-10-5-6-11(8-20(10)18(26)19-3)27-13-7-12-14(9(2)22)16(23)21(12)15(13)17(24)25/h9-12,14,22H,4-8H2,1-3H3,(H,19,26)(H,24,25)/t9-,10+,11+,12-,14-/m1/s1. The molecule has 0 bridgehead atoms. The molecular weight excluding hydrogens is 370 g/mol. The highest BCUT2D eigenvalue weighted by Gasteiger charge is 2.57. The van der Waals surface area contributed by atoms with Gasteiger partial charge in [-0.1, -0.05) is 6.92 Å². The molecule has 0 radical (unpaired) electrons. The third-order valence-corrected chi connectivity index (χ3v) is 7.17. The normalized spacial score (nSPS) is 31.5. The third kappa shape index (κ3) is 3.42. The number of carboxylic acid groups (broad SMARTS) is 1. The maximum atomic E-state index is 12.3. The molecule has 27 heavy (non-hydrogen) atoms. The summed E-state index contributed by atoms with van der Waals surface area (Å²) in [5.41, 5.74) is 0.0519. The van der Waals surface area contributed by atoms with Crippen LogP contribution in [0.25, 0.3) is 0 Å². The van der Waals surface area contributed by atoms with Gasteiger partial charge in [-0.3, -0.25) is 4.79 Å². The van der Waals surface area contributed by atoms with E-state index in [0.717, 1.165) is 19.3 Å². The molecule has 0 aliphatic carbocycles. The van der Waals surface area contributed by atoms with Gasteiger partial charge in [0.25, 0.3) is 0 Å². The van der Waals surface area contributed by atoms with Crippen molar-refractivity contribution in [1.29, 1.82) is 0 Å². The van der Waals surface area contributed by atoms with Crippen molar-refractivity contribution in [2.75, 3.05) is 13.6 Å². The molecule has 150 valence electrons. The Bertz CT molecular complexity index is 680. The first-order valence-corrected chi connectivity index (χ1v) is 10.3. The Morgan fingerprint density at radius 3 is 2.63 bits per heavy atom. The second-order valence-electron chi connectivity index (χ2n) is 7.41. The number of hydrogen-bond donors (Lipinski definition) is 3. The quantitative estimate of drug-likeness (QED) is 0.602. The van der Waals surface area contributed by atoms with Gasteiger partial charge in [-0.25, -0.2) is 9.59 Å². The largest absolute Gasteiger partial charge is 0.477 e. The molecule has 9 heteroatoms. The van der Waals surface area contributed by atoms with Crippen molar-refractivity contribution in [3.05, 3.63) is 10.6 Å². The highest BCUT2D eigenvalue weighted by molar-refractivity contribution is 8.03. The minimum atomic E-state index is -1.11. The Morgan fingerprint density at radius 2 is 2.07 bits per heavy atom. The number of piperidine rings is 1. The zero-order chi connectivity index (χ0) is 19.9. The van der Waals surface area contributed by atoms with Crippen LogP contribution in [0, 0.1) is 5.92 Å². The summed E-state index contributed by atoms with van der Waals surface area (Å²) in [7, 11) is 1.61. The van der Waals surface area contributed by atoms with Crippen LogP contribution in [0.5, 0.6) is 0 Å². The van der Waals surface area contributed by atoms with Crippen LogP contribution in [0.4, 0.5) is 4.79 Å². The van der Waals surface area contributed by atoms with Crippen LogP contribution in [0.2, 0.25) is 0 Å². The van der Waals surface area contributed by atoms with E-state index in [0.29, 0.717) is 17.9 Å². The minimum Gasteiger partial charge on any atom is -0.477 e. The zero-order valence-corrected chi connectivity index (χ0v) is 16.7. The number of carboxylic acids is 1. The number of aliphatic hydroxyl groups excluding tert-OH is 1. The van der Waals surface area contributed by atoms with Gasteiger partial charge >= 0.3 is 12.0 Å². The number of carbonyl (C=O) groups is 3. The summed E-state index contributed by atoms with van der Waals surface area (Å²) in [6.07, 6.45) is 2.32. The second-order valence-corrected chi connectivity index (χ2v) is 8.80. The summed E-state index contributed by atoms with van der Waals surface area (Å²) in [6.45, 7) is 4.18. The van der Waals surface area contributed by atoms with E-state index in [4.69, 9.17) is 0 Å². The van der Waals surface area contributed by atoms with Gasteiger partial charge in [-0.15, -0.1) is 11.8 Å². The van der Waals surface area contributed by atoms with Gasteiger partial charge in [0.1, 0.15) is 5.70 Å². The number of fused-ring (bicyclic) bond motifs is 1. The monoisotopic (exact) mass is 397 g/mol. The van der Waals surface area contributed by atoms with Gasteiger partial charge in [0.05, 0.1) is 18.1 Å². The van der Waals surface area contributed by atoms with Gasteiger partial charge in [-0.05, 0) is 26.2 Å². The summed E-state index contributed by atoms with van der Waals surface area (Å²) in [5, 5.41) is 22.2. The van der Waals surface area contributed by atoms with Crippen molar-refractivity contribution in [3.63, 3.8) is 0 Å². The average Bonchev–Trinajstić information content (AvgIpc) is 2.94. The molecule has 0 aromatic heterocycles. The molecule has 0 spiro atoms. The molecule has 2 saturated heterocycles. The van der Waals surface area contributed by atoms with E-state index in [-0.39, 0.29) is 35.0 Å². The van der Waals surface area contributed by atoms with Crippen LogP contribution in [-0.2, 0) is 9.59 Å². The van der Waals surface area contributed by atoms with Crippen molar-refractivity contribution in [3.8, 4) is 0 Å². The summed E-state index contributed by atoms with van der Waals surface area (Å²) >= 11 is 1.47. The van der Waals surface area contributed by atoms with Crippen molar-refractivity contribution in [2.45, 2.75) is 63.0 Å². The second kappa shape index (κ2) is 7.71. The SMILES string of the molecule is CC[C@H]1CC[C@H](SC2=C(C(=O)O)N3C(=O)[C@H]([C@@H](C)O)[C@H]3C2)CN1C(=O)NC. The van der Waals surface area contributed by atoms with E-state index in [1.54, 1.807) is 14.0 Å². The fraction of sp³-hybridized carbons (Fsp3) is 0.722. The molecule has 3 aliphatic rings. The van der Waals surface area contributed by atoms with Gasteiger partial charge in [0, 0.05) is 36.2 Å². The topological polar surface area (TPSA) is 110 Å². The van der Waals surface area contributed by atoms with Gasteiger partial charge in [-0.2, -0.15) is 0 Å². The first-order chi connectivity index (χ1) is 12.8. The van der Waals surface area contributed by atoms with Crippen LogP contribution < -0.4 is 5.32 Å². The summed E-state index contributed by atoms with van der Waals surface area (Å²) < 4.78 is 0. The van der Waals surface area contributed by atoms with Crippen LogP contribution in [-0.4, -0.2) is 75.0 Å². The smallest absolute Gasteiger partial charge is 0.353 e. The maximum absolute atomic E-state index is 12.3. The molecule has 3 heterocycles. The van der Waals surface area contributed by atoms with Gasteiger partial charge in [0.15, 0.2) is 0 Å². The number of nitrogens with one attached hydrogen (secondary N) is 1. The predicted molar refractivity (Wildman–Crippen MR) is 101 cm³/mol. The first-order valence-electron chi connectivity index (χ1n) is 9.42. The minimum absolute atomic E-state index is 0.0519. The highest BCUT2D eigenvalue weighted by Crippen LogP contribution is 2.48. The number of thioether (sulfide) groups is 1. The van der Waals surface area contributed by atoms with E-state index in [2.05, 4.69) is 12.2 Å². The summed E-state index contributed by atoms with van der Waals surface area (Å²) in [6, 6.07) is -0.188. The van der Waals surface area contributed by atoms with Gasteiger partial charge < -0.3 is 25.3 Å². The Balaban J connectivity index is 1.76. The Kier molecular flexibility index (Phi) is 5.71. The lowest BCUT2D eigenvalue weighted by Crippen LogP contribution is -2.61. The molecule has 2 fully saturated rings. The third-order valence-electron chi connectivity index (χ3n) is 5.81. The lowest BCUT2D eigenvalue weighted by Gasteiger charge is -2.44. The molecule has 3 aliphatic heterocycles. The average molecular weight is 397 g/mol. The molecular formula is C18H27N3O5S. The lowest BCUT2D eigenvalue weighted by atomic mass is 9.83. The number of aliphatic carboxylic acids is 1. The lowest BCUT2D eigenvalue weighted by molar-refractivity contribution is -0.161. The van der Waals surface area contributed by atoms with Crippen molar-refractivity contribution in [1.82, 2.24) is 15.1 Å². The number of aliphatic hydroxyl groups is 1. The molecule has 8 nitrogen and oxygen atoms in total. The molecule has 3 rings (SSSR count). The first kappa shape index (κ1) is 20.0. The number of carbonyl (C=O) groups excluding carboxylic acids is 2. The van der Waals surface area contributed by atoms with Gasteiger partial charge in [0.2, 0.25) is 5.91 Å². The van der Waals surface area contributed by atoms with E-state index in [1.165, 1.54) is 16.7 Å². The predicted octanol–water partition coefficient (Wildman–Crippen LogP) is 1.21. The number of urea groups is 1.